The first kappa shape index (κ1) is 30.0. The lowest BCUT2D eigenvalue weighted by atomic mass is 9.96. The summed E-state index contributed by atoms with van der Waals surface area (Å²) < 4.78 is 0. The number of likely N-dealkylation sites (N-methyl/N-ethyl adjacent to an activating group) is 2. The van der Waals surface area contributed by atoms with Crippen LogP contribution in [0.25, 0.3) is 0 Å². The minimum atomic E-state index is -0.299. The largest absolute Gasteiger partial charge is 0.386 e. The Morgan fingerprint density at radius 1 is 0.682 bits per heavy atom. The third-order valence-corrected chi connectivity index (χ3v) is 7.90. The van der Waals surface area contributed by atoms with Gasteiger partial charge in [-0.25, -0.2) is 9.98 Å². The predicted molar refractivity (Wildman–Crippen MR) is 174 cm³/mol. The van der Waals surface area contributed by atoms with E-state index in [1.165, 1.54) is 0 Å². The van der Waals surface area contributed by atoms with Gasteiger partial charge in [0.25, 0.3) is 11.8 Å². The number of aliphatic imine (C=N–C) groups is 2. The molecule has 0 saturated heterocycles. The minimum absolute atomic E-state index is 0.126. The SMILES string of the molecule is CCN1CC(c2ccc(NC(=O)c3ccc(C(=O)Nc4ccc(C5CN(CC)C(=N)N=C5N)cc4)cc3)cc2)C(N)=NC1=N. The van der Waals surface area contributed by atoms with E-state index in [9.17, 15) is 9.59 Å². The first-order chi connectivity index (χ1) is 21.2. The highest BCUT2D eigenvalue weighted by Crippen LogP contribution is 2.25. The molecule has 44 heavy (non-hydrogen) atoms. The molecule has 12 heteroatoms. The molecular weight excluding hydrogens is 556 g/mol. The average molecular weight is 593 g/mol. The van der Waals surface area contributed by atoms with Crippen LogP contribution in [0, 0.1) is 10.8 Å². The normalized spacial score (nSPS) is 18.4. The van der Waals surface area contributed by atoms with Crippen molar-refractivity contribution < 1.29 is 9.59 Å². The van der Waals surface area contributed by atoms with Crippen molar-refractivity contribution in [2.24, 2.45) is 21.5 Å². The standard InChI is InChI=1S/C32H36N10O2/c1-3-41-17-25(27(33)39-31(41)35)19-9-13-23(14-10-19)37-29(43)21-5-7-22(8-6-21)30(44)38-24-15-11-20(12-16-24)26-18-42(4-2)32(36)40-28(26)34/h5-16,25-26H,3-4,17-18H2,1-2H3,(H,37,43)(H,38,44)(H3,33,35,39)(H3,34,36,40). The summed E-state index contributed by atoms with van der Waals surface area (Å²) in [5, 5.41) is 21.7. The summed E-state index contributed by atoms with van der Waals surface area (Å²) in [7, 11) is 0. The van der Waals surface area contributed by atoms with E-state index in [0.29, 0.717) is 60.4 Å². The average Bonchev–Trinajstić information content (AvgIpc) is 3.02. The van der Waals surface area contributed by atoms with Crippen molar-refractivity contribution in [1.29, 1.82) is 10.8 Å². The lowest BCUT2D eigenvalue weighted by Crippen LogP contribution is -2.43. The molecule has 5 rings (SSSR count). The zero-order valence-electron chi connectivity index (χ0n) is 24.7. The Labute approximate surface area is 255 Å². The van der Waals surface area contributed by atoms with Gasteiger partial charge >= 0.3 is 0 Å². The molecule has 2 aliphatic rings. The Kier molecular flexibility index (Phi) is 8.70. The van der Waals surface area contributed by atoms with Crippen LogP contribution in [0.2, 0.25) is 0 Å². The Bertz CT molecular complexity index is 1510. The summed E-state index contributed by atoms with van der Waals surface area (Å²) in [4.78, 5) is 37.8. The number of nitrogens with zero attached hydrogens (tertiary/aromatic N) is 4. The van der Waals surface area contributed by atoms with Crippen LogP contribution in [0.15, 0.2) is 82.8 Å². The van der Waals surface area contributed by atoms with Crippen molar-refractivity contribution in [2.75, 3.05) is 36.8 Å². The van der Waals surface area contributed by atoms with Crippen molar-refractivity contribution in [1.82, 2.24) is 9.80 Å². The van der Waals surface area contributed by atoms with E-state index in [2.05, 4.69) is 20.6 Å². The van der Waals surface area contributed by atoms with Crippen molar-refractivity contribution in [2.45, 2.75) is 25.7 Å². The lowest BCUT2D eigenvalue weighted by molar-refractivity contribution is 0.101. The summed E-state index contributed by atoms with van der Waals surface area (Å²) in [6, 6.07) is 21.3. The van der Waals surface area contributed by atoms with Crippen molar-refractivity contribution in [3.8, 4) is 0 Å². The van der Waals surface area contributed by atoms with E-state index < -0.39 is 0 Å². The van der Waals surface area contributed by atoms with Gasteiger partial charge in [-0.3, -0.25) is 20.4 Å². The number of carbonyl (C=O) groups excluding carboxylic acids is 2. The maximum absolute atomic E-state index is 12.9. The van der Waals surface area contributed by atoms with Crippen LogP contribution < -0.4 is 22.1 Å². The second-order valence-corrected chi connectivity index (χ2v) is 10.6. The Hall–Kier alpha value is -5.52. The molecule has 2 atom stereocenters. The van der Waals surface area contributed by atoms with E-state index in [-0.39, 0.29) is 35.6 Å². The molecule has 8 N–H and O–H groups in total. The van der Waals surface area contributed by atoms with Crippen LogP contribution in [0.1, 0.15) is 57.5 Å². The van der Waals surface area contributed by atoms with E-state index in [4.69, 9.17) is 22.3 Å². The van der Waals surface area contributed by atoms with Crippen LogP contribution in [-0.2, 0) is 0 Å². The van der Waals surface area contributed by atoms with E-state index in [1.54, 1.807) is 24.3 Å². The number of benzene rings is 3. The molecule has 0 aliphatic carbocycles. The molecule has 226 valence electrons. The molecular formula is C32H36N10O2. The zero-order valence-corrected chi connectivity index (χ0v) is 24.7. The molecule has 0 saturated carbocycles. The number of guanidine groups is 2. The second kappa shape index (κ2) is 12.8. The van der Waals surface area contributed by atoms with Gasteiger partial charge in [0.2, 0.25) is 11.9 Å². The molecule has 0 spiro atoms. The van der Waals surface area contributed by atoms with E-state index >= 15 is 0 Å². The monoisotopic (exact) mass is 592 g/mol. The number of nitrogens with one attached hydrogen (secondary N) is 4. The molecule has 3 aromatic rings. The van der Waals surface area contributed by atoms with Gasteiger partial charge in [0.05, 0.1) is 11.8 Å². The van der Waals surface area contributed by atoms with Gasteiger partial charge in [-0.1, -0.05) is 24.3 Å². The van der Waals surface area contributed by atoms with Gasteiger partial charge in [-0.2, -0.15) is 0 Å². The maximum Gasteiger partial charge on any atom is 0.255 e. The van der Waals surface area contributed by atoms with Gasteiger partial charge in [0, 0.05) is 48.7 Å². The van der Waals surface area contributed by atoms with E-state index in [1.807, 2.05) is 72.2 Å². The Morgan fingerprint density at radius 3 is 1.34 bits per heavy atom. The summed E-state index contributed by atoms with van der Waals surface area (Å²) in [5.41, 5.74) is 16.2. The number of rotatable bonds is 8. The third kappa shape index (κ3) is 6.43. The number of carbonyl (C=O) groups is 2. The van der Waals surface area contributed by atoms with Gasteiger partial charge in [-0.15, -0.1) is 0 Å². The fourth-order valence-corrected chi connectivity index (χ4v) is 5.23. The Balaban J connectivity index is 1.17. The minimum Gasteiger partial charge on any atom is -0.386 e. The molecule has 0 radical (unpaired) electrons. The molecule has 0 fully saturated rings. The smallest absolute Gasteiger partial charge is 0.255 e. The van der Waals surface area contributed by atoms with Crippen LogP contribution in [-0.4, -0.2) is 71.4 Å². The van der Waals surface area contributed by atoms with Crippen molar-refractivity contribution in [3.05, 3.63) is 95.1 Å². The molecule has 2 heterocycles. The van der Waals surface area contributed by atoms with Crippen LogP contribution in [0.3, 0.4) is 0 Å². The first-order valence-corrected chi connectivity index (χ1v) is 14.4. The number of amides is 2. The summed E-state index contributed by atoms with van der Waals surface area (Å²) in [5.74, 6) is 0.307. The molecule has 2 aliphatic heterocycles. The molecule has 0 aromatic heterocycles. The lowest BCUT2D eigenvalue weighted by Gasteiger charge is -2.31. The summed E-state index contributed by atoms with van der Waals surface area (Å²) in [6.45, 7) is 6.45. The third-order valence-electron chi connectivity index (χ3n) is 7.90. The quantitative estimate of drug-likeness (QED) is 0.232. The van der Waals surface area contributed by atoms with Gasteiger partial charge in [0.1, 0.15) is 11.7 Å². The molecule has 2 amide bonds. The molecule has 2 unspecified atom stereocenters. The highest BCUT2D eigenvalue weighted by molar-refractivity contribution is 6.07. The number of anilines is 2. The number of amidine groups is 2. The van der Waals surface area contributed by atoms with Crippen molar-refractivity contribution in [3.63, 3.8) is 0 Å². The summed E-state index contributed by atoms with van der Waals surface area (Å²) >= 11 is 0. The Morgan fingerprint density at radius 2 is 1.02 bits per heavy atom. The zero-order chi connectivity index (χ0) is 31.4. The highest BCUT2D eigenvalue weighted by Gasteiger charge is 2.27. The molecule has 0 bridgehead atoms. The first-order valence-electron chi connectivity index (χ1n) is 14.4. The highest BCUT2D eigenvalue weighted by atomic mass is 16.2. The number of nitrogens with two attached hydrogens (primary N) is 2. The summed E-state index contributed by atoms with van der Waals surface area (Å²) in [6.07, 6.45) is 0. The molecule has 12 nitrogen and oxygen atoms in total. The number of hydrogen-bond acceptors (Lipinski definition) is 6. The van der Waals surface area contributed by atoms with Crippen molar-refractivity contribution >= 4 is 46.8 Å². The van der Waals surface area contributed by atoms with Crippen LogP contribution in [0.5, 0.6) is 0 Å². The maximum atomic E-state index is 12.9. The van der Waals surface area contributed by atoms with Gasteiger partial charge in [-0.05, 0) is 73.5 Å². The fraction of sp³-hybridized carbons (Fsp3) is 0.250. The van der Waals surface area contributed by atoms with Gasteiger partial charge in [0.15, 0.2) is 0 Å². The topological polar surface area (TPSA) is 189 Å². The number of hydrogen-bond donors (Lipinski definition) is 6. The fourth-order valence-electron chi connectivity index (χ4n) is 5.23. The van der Waals surface area contributed by atoms with Gasteiger partial charge < -0.3 is 31.9 Å². The molecule has 3 aromatic carbocycles. The predicted octanol–water partition coefficient (Wildman–Crippen LogP) is 3.61. The van der Waals surface area contributed by atoms with Crippen LogP contribution in [0.4, 0.5) is 11.4 Å². The van der Waals surface area contributed by atoms with Crippen LogP contribution >= 0.6 is 0 Å². The second-order valence-electron chi connectivity index (χ2n) is 10.6. The van der Waals surface area contributed by atoms with E-state index in [0.717, 1.165) is 11.1 Å².